The summed E-state index contributed by atoms with van der Waals surface area (Å²) >= 11 is 19.9. The van der Waals surface area contributed by atoms with Crippen molar-refractivity contribution in [3.63, 3.8) is 0 Å². The molecule has 1 aliphatic heterocycles. The Morgan fingerprint density at radius 2 is 0.889 bits per heavy atom. The Kier molecular flexibility index (Phi) is 3.94. The molecule has 0 N–H and O–H groups in total. The highest BCUT2D eigenvalue weighted by Gasteiger charge is 2.23. The summed E-state index contributed by atoms with van der Waals surface area (Å²) in [5.41, 5.74) is 0. The average Bonchev–Trinajstić information content (AvgIpc) is 1.59. The van der Waals surface area contributed by atoms with E-state index in [2.05, 4.69) is 0 Å². The molecule has 54 valence electrons. The Labute approximate surface area is 81.1 Å². The van der Waals surface area contributed by atoms with E-state index in [1.807, 2.05) is 0 Å². The Balaban J connectivity index is 2.34. The van der Waals surface area contributed by atoms with Crippen LogP contribution in [0.2, 0.25) is 0 Å². The molecular weight excluding hydrogens is 245 g/mol. The number of hydrogen-bond donors (Lipinski definition) is 0. The van der Waals surface area contributed by atoms with Crippen LogP contribution in [0.1, 0.15) is 0 Å². The van der Waals surface area contributed by atoms with Crippen molar-refractivity contribution in [1.82, 2.24) is 9.69 Å². The smallest absolute Gasteiger partial charge is 0.0663 e. The topological polar surface area (TPSA) is 9.72 Å². The highest BCUT2D eigenvalue weighted by molar-refractivity contribution is 8.26. The molecule has 0 bridgehead atoms. The van der Waals surface area contributed by atoms with E-state index < -0.39 is 0 Å². The minimum atomic E-state index is 1.14. The van der Waals surface area contributed by atoms with Crippen molar-refractivity contribution in [2.45, 2.75) is 0 Å². The lowest BCUT2D eigenvalue weighted by Crippen LogP contribution is -2.12. The molecule has 0 aliphatic carbocycles. The summed E-state index contributed by atoms with van der Waals surface area (Å²) in [7, 11) is 0. The third kappa shape index (κ3) is 3.13. The van der Waals surface area contributed by atoms with E-state index in [0.29, 0.717) is 0 Å². The number of hydrogen-bond acceptors (Lipinski definition) is 6. The van der Waals surface area contributed by atoms with Gasteiger partial charge in [0.2, 0.25) is 0 Å². The van der Waals surface area contributed by atoms with E-state index in [1.165, 1.54) is 9.69 Å². The number of nitrogens with zero attached hydrogens (tertiary/aromatic N) is 3. The van der Waals surface area contributed by atoms with Crippen LogP contribution in [-0.2, 0) is 0 Å². The van der Waals surface area contributed by atoms with Crippen molar-refractivity contribution in [2.75, 3.05) is 0 Å². The van der Waals surface area contributed by atoms with Gasteiger partial charge in [-0.1, -0.05) is 9.69 Å². The third-order valence-corrected chi connectivity index (χ3v) is 3.47. The molecule has 0 saturated carbocycles. The second-order valence-corrected chi connectivity index (χ2v) is 6.47. The van der Waals surface area contributed by atoms with E-state index in [4.69, 9.17) is 35.3 Å². The zero-order valence-electron chi connectivity index (χ0n) is 3.70. The zero-order valence-corrected chi connectivity index (χ0v) is 8.42. The van der Waals surface area contributed by atoms with Crippen LogP contribution in [0.4, 0.5) is 0 Å². The van der Waals surface area contributed by atoms with Crippen LogP contribution in [0.5, 0.6) is 0 Å². The van der Waals surface area contributed by atoms with Crippen molar-refractivity contribution < 1.29 is 0 Å². The lowest BCUT2D eigenvalue weighted by molar-refractivity contribution is 1.02. The Morgan fingerprint density at radius 1 is 0.667 bits per heavy atom. The highest BCUT2D eigenvalue weighted by Crippen LogP contribution is 2.46. The van der Waals surface area contributed by atoms with Gasteiger partial charge in [-0.3, -0.25) is 0 Å². The fraction of sp³-hybridized carbons (Fsp3) is 0. The largest absolute Gasteiger partial charge is 0.0708 e. The van der Waals surface area contributed by atoms with E-state index in [-0.39, 0.29) is 0 Å². The van der Waals surface area contributed by atoms with Gasteiger partial charge in [-0.15, -0.1) is 0 Å². The van der Waals surface area contributed by atoms with Crippen molar-refractivity contribution >= 4 is 71.7 Å². The first-order valence-corrected chi connectivity index (χ1v) is 4.81. The number of rotatable bonds is 0. The summed E-state index contributed by atoms with van der Waals surface area (Å²) in [4.78, 5) is 0. The van der Waals surface area contributed by atoms with E-state index in [0.717, 1.165) is 36.4 Å². The van der Waals surface area contributed by atoms with Gasteiger partial charge in [0.25, 0.3) is 0 Å². The molecule has 1 aliphatic rings. The summed E-state index contributed by atoms with van der Waals surface area (Å²) in [6.07, 6.45) is 0. The minimum Gasteiger partial charge on any atom is -0.0708 e. The van der Waals surface area contributed by atoms with Gasteiger partial charge < -0.3 is 0 Å². The fourth-order valence-electron chi connectivity index (χ4n) is 0.196. The molecule has 0 aromatic carbocycles. The first-order chi connectivity index (χ1) is 4.18. The van der Waals surface area contributed by atoms with Crippen LogP contribution in [-0.4, -0.2) is 9.69 Å². The quantitative estimate of drug-likeness (QED) is 0.475. The normalized spacial score (nSPS) is 27.0. The summed E-state index contributed by atoms with van der Waals surface area (Å²) in [5.74, 6) is 0. The van der Waals surface area contributed by atoms with Crippen LogP contribution in [0, 0.1) is 0 Å². The summed E-state index contributed by atoms with van der Waals surface area (Å²) < 4.78 is 3.91. The first kappa shape index (κ1) is 8.89. The molecule has 1 fully saturated rings. The maximum absolute atomic E-state index is 5.50. The maximum Gasteiger partial charge on any atom is 0.0663 e. The third-order valence-electron chi connectivity index (χ3n) is 0.385. The van der Waals surface area contributed by atoms with Gasteiger partial charge in [0.15, 0.2) is 0 Å². The monoisotopic (exact) mass is 243 g/mol. The molecule has 9 heavy (non-hydrogen) atoms. The maximum atomic E-state index is 5.50. The molecule has 1 saturated heterocycles. The SMILES string of the molecule is ClN1SN(Cl)SN(Cl)S1. The Hall–Kier alpha value is 1.80. The van der Waals surface area contributed by atoms with Crippen molar-refractivity contribution in [3.8, 4) is 0 Å². The second-order valence-electron chi connectivity index (χ2n) is 0.883. The summed E-state index contributed by atoms with van der Waals surface area (Å²) in [6, 6.07) is 0. The average molecular weight is 245 g/mol. The second kappa shape index (κ2) is 3.99. The molecule has 1 rings (SSSR count). The molecule has 1 heterocycles. The Bertz CT molecular complexity index is 75.3. The van der Waals surface area contributed by atoms with E-state index in [9.17, 15) is 0 Å². The van der Waals surface area contributed by atoms with E-state index >= 15 is 0 Å². The van der Waals surface area contributed by atoms with Crippen LogP contribution in [0.25, 0.3) is 0 Å². The van der Waals surface area contributed by atoms with Crippen LogP contribution >= 0.6 is 71.7 Å². The molecule has 0 aromatic heterocycles. The van der Waals surface area contributed by atoms with Gasteiger partial charge in [-0.05, 0) is 0 Å². The minimum absolute atomic E-state index is 1.14. The molecule has 0 spiro atoms. The van der Waals surface area contributed by atoms with Crippen LogP contribution in [0.3, 0.4) is 0 Å². The van der Waals surface area contributed by atoms with Gasteiger partial charge >= 0.3 is 0 Å². The molecule has 3 nitrogen and oxygen atoms in total. The zero-order chi connectivity index (χ0) is 6.85. The van der Waals surface area contributed by atoms with Gasteiger partial charge in [0, 0.05) is 35.3 Å². The molecule has 0 unspecified atom stereocenters. The highest BCUT2D eigenvalue weighted by atomic mass is 35.5. The van der Waals surface area contributed by atoms with Gasteiger partial charge in [-0.2, -0.15) is 0 Å². The van der Waals surface area contributed by atoms with Crippen LogP contribution < -0.4 is 0 Å². The summed E-state index contributed by atoms with van der Waals surface area (Å²) in [5, 5.41) is 0. The number of halogens is 3. The predicted octanol–water partition coefficient (Wildman–Crippen LogP) is 3.06. The van der Waals surface area contributed by atoms with Gasteiger partial charge in [0.1, 0.15) is 0 Å². The molecule has 9 heteroatoms. The predicted molar refractivity (Wildman–Crippen MR) is 45.8 cm³/mol. The van der Waals surface area contributed by atoms with Crippen molar-refractivity contribution in [2.24, 2.45) is 0 Å². The standard InChI is InChI=1S/Cl3N3S3/c1-4-7-5(2)9-6(3)8-4. The van der Waals surface area contributed by atoms with Crippen molar-refractivity contribution in [3.05, 3.63) is 0 Å². The molecular formula is Cl3N3S3. The molecule has 0 amide bonds. The lowest BCUT2D eigenvalue weighted by atomic mass is 13.7. The molecule has 0 radical (unpaired) electrons. The first-order valence-electron chi connectivity index (χ1n) is 1.60. The van der Waals surface area contributed by atoms with Crippen molar-refractivity contribution in [1.29, 1.82) is 0 Å². The van der Waals surface area contributed by atoms with Crippen LogP contribution in [0.15, 0.2) is 0 Å². The van der Waals surface area contributed by atoms with E-state index in [1.54, 1.807) is 0 Å². The van der Waals surface area contributed by atoms with Gasteiger partial charge in [-0.25, -0.2) is 0 Å². The molecule has 0 aromatic rings. The fourth-order valence-corrected chi connectivity index (χ4v) is 4.49. The van der Waals surface area contributed by atoms with Gasteiger partial charge in [0.05, 0.1) is 36.4 Å². The Morgan fingerprint density at radius 3 is 1.11 bits per heavy atom. The molecule has 0 atom stereocenters. The summed E-state index contributed by atoms with van der Waals surface area (Å²) in [6.45, 7) is 0. The lowest BCUT2D eigenvalue weighted by Gasteiger charge is -2.24.